The Labute approximate surface area is 125 Å². The first-order valence-electron chi connectivity index (χ1n) is 7.36. The lowest BCUT2D eigenvalue weighted by Gasteiger charge is -2.41. The molecule has 0 aromatic carbocycles. The Morgan fingerprint density at radius 1 is 1.50 bits per heavy atom. The number of amides is 1. The molecule has 22 heavy (non-hydrogen) atoms. The van der Waals surface area contributed by atoms with Crippen molar-refractivity contribution in [2.75, 3.05) is 13.1 Å². The second-order valence-electron chi connectivity index (χ2n) is 6.37. The van der Waals surface area contributed by atoms with Gasteiger partial charge in [-0.25, -0.2) is 0 Å². The highest BCUT2D eigenvalue weighted by molar-refractivity contribution is 5.92. The Kier molecular flexibility index (Phi) is 3.47. The van der Waals surface area contributed by atoms with Crippen LogP contribution in [-0.2, 0) is 6.18 Å². The molecule has 1 aromatic rings. The first kappa shape index (κ1) is 15.3. The fourth-order valence-electron chi connectivity index (χ4n) is 3.35. The largest absolute Gasteiger partial charge is 0.432 e. The van der Waals surface area contributed by atoms with Gasteiger partial charge >= 0.3 is 6.18 Å². The van der Waals surface area contributed by atoms with E-state index < -0.39 is 23.4 Å². The summed E-state index contributed by atoms with van der Waals surface area (Å²) in [7, 11) is 0. The number of aliphatic hydroxyl groups is 1. The minimum atomic E-state index is -4.56. The maximum atomic E-state index is 12.6. The second kappa shape index (κ2) is 4.97. The van der Waals surface area contributed by atoms with Crippen LogP contribution in [0.5, 0.6) is 0 Å². The van der Waals surface area contributed by atoms with E-state index in [2.05, 4.69) is 5.10 Å². The van der Waals surface area contributed by atoms with E-state index in [0.717, 1.165) is 19.3 Å². The maximum Gasteiger partial charge on any atom is 0.432 e. The number of carbonyl (C=O) groups is 1. The number of likely N-dealkylation sites (tertiary alicyclic amines) is 1. The van der Waals surface area contributed by atoms with Crippen LogP contribution in [0, 0.1) is 11.8 Å². The van der Waals surface area contributed by atoms with Gasteiger partial charge in [0.2, 0.25) is 0 Å². The van der Waals surface area contributed by atoms with Crippen LogP contribution in [0.25, 0.3) is 0 Å². The molecule has 2 atom stereocenters. The van der Waals surface area contributed by atoms with Crippen molar-refractivity contribution in [3.05, 3.63) is 17.5 Å². The molecule has 1 aliphatic heterocycles. The van der Waals surface area contributed by atoms with Crippen molar-refractivity contribution < 1.29 is 23.1 Å². The molecule has 0 spiro atoms. The van der Waals surface area contributed by atoms with Gasteiger partial charge in [-0.3, -0.25) is 9.89 Å². The number of β-amino-alcohol motifs (C(OH)–C–C–N with tert-alkyl or cyclic N) is 1. The van der Waals surface area contributed by atoms with Gasteiger partial charge in [0.25, 0.3) is 5.91 Å². The first-order valence-corrected chi connectivity index (χ1v) is 7.36. The highest BCUT2D eigenvalue weighted by atomic mass is 19.4. The zero-order valence-electron chi connectivity index (χ0n) is 12.2. The molecule has 0 bridgehead atoms. The monoisotopic (exact) mass is 317 g/mol. The van der Waals surface area contributed by atoms with Crippen molar-refractivity contribution in [3.63, 3.8) is 0 Å². The molecule has 2 fully saturated rings. The summed E-state index contributed by atoms with van der Waals surface area (Å²) in [6, 6.07) is 0.716. The van der Waals surface area contributed by atoms with Gasteiger partial charge in [-0.1, -0.05) is 13.3 Å². The van der Waals surface area contributed by atoms with Gasteiger partial charge in [0.05, 0.1) is 12.1 Å². The molecule has 122 valence electrons. The van der Waals surface area contributed by atoms with Crippen LogP contribution in [0.2, 0.25) is 0 Å². The van der Waals surface area contributed by atoms with Crippen LogP contribution in [0.1, 0.15) is 42.4 Å². The topological polar surface area (TPSA) is 69.2 Å². The molecule has 2 aliphatic rings. The van der Waals surface area contributed by atoms with Crippen LogP contribution in [0.4, 0.5) is 13.2 Å². The van der Waals surface area contributed by atoms with E-state index in [1.54, 1.807) is 0 Å². The van der Waals surface area contributed by atoms with Gasteiger partial charge in [-0.05, 0) is 18.8 Å². The third-order valence-corrected chi connectivity index (χ3v) is 4.99. The second-order valence-corrected chi connectivity index (χ2v) is 6.37. The third kappa shape index (κ3) is 2.39. The van der Waals surface area contributed by atoms with E-state index in [1.165, 1.54) is 4.90 Å². The molecule has 1 saturated heterocycles. The number of halogens is 3. The van der Waals surface area contributed by atoms with Crippen molar-refractivity contribution in [1.82, 2.24) is 15.1 Å². The van der Waals surface area contributed by atoms with Crippen molar-refractivity contribution in [2.45, 2.75) is 38.0 Å². The molecular formula is C14H18F3N3O2. The predicted molar refractivity (Wildman–Crippen MR) is 70.9 cm³/mol. The molecule has 3 rings (SSSR count). The van der Waals surface area contributed by atoms with Crippen LogP contribution in [-0.4, -0.2) is 44.8 Å². The maximum absolute atomic E-state index is 12.6. The number of carbonyl (C=O) groups excluding carboxylic acids is 1. The van der Waals surface area contributed by atoms with Crippen molar-refractivity contribution in [2.24, 2.45) is 11.8 Å². The Morgan fingerprint density at radius 2 is 2.18 bits per heavy atom. The van der Waals surface area contributed by atoms with Gasteiger partial charge in [0.1, 0.15) is 5.69 Å². The number of alkyl halides is 3. The standard InChI is InChI=1S/C14H18F3N3O2/c1-8-6-20(7-13(8,22)9-3-2-4-9)12(21)10-5-11(19-18-10)14(15,16)17/h5,8-9,22H,2-4,6-7H2,1H3,(H,18,19)/t8-,13+/m0/s1. The minimum Gasteiger partial charge on any atom is -0.387 e. The first-order chi connectivity index (χ1) is 10.2. The van der Waals surface area contributed by atoms with E-state index in [1.807, 2.05) is 12.0 Å². The highest BCUT2D eigenvalue weighted by Gasteiger charge is 2.51. The Hall–Kier alpha value is -1.57. The highest BCUT2D eigenvalue weighted by Crippen LogP contribution is 2.44. The van der Waals surface area contributed by atoms with Crippen molar-refractivity contribution in [3.8, 4) is 0 Å². The predicted octanol–water partition coefficient (Wildman–Crippen LogP) is 2.05. The van der Waals surface area contributed by atoms with E-state index in [9.17, 15) is 23.1 Å². The fraction of sp³-hybridized carbons (Fsp3) is 0.714. The smallest absolute Gasteiger partial charge is 0.387 e. The number of H-pyrrole nitrogens is 1. The molecule has 2 heterocycles. The van der Waals surface area contributed by atoms with E-state index in [-0.39, 0.29) is 24.1 Å². The summed E-state index contributed by atoms with van der Waals surface area (Å²) in [6.07, 6.45) is -1.62. The van der Waals surface area contributed by atoms with Gasteiger partial charge in [-0.15, -0.1) is 0 Å². The molecule has 2 N–H and O–H groups in total. The van der Waals surface area contributed by atoms with E-state index in [0.29, 0.717) is 12.6 Å². The van der Waals surface area contributed by atoms with Crippen LogP contribution in [0.15, 0.2) is 6.07 Å². The number of nitrogens with zero attached hydrogens (tertiary/aromatic N) is 2. The van der Waals surface area contributed by atoms with Gasteiger partial charge in [0, 0.05) is 18.5 Å². The lowest BCUT2D eigenvalue weighted by molar-refractivity contribution is -0.141. The van der Waals surface area contributed by atoms with E-state index in [4.69, 9.17) is 0 Å². The lowest BCUT2D eigenvalue weighted by Crippen LogP contribution is -2.48. The molecule has 1 aromatic heterocycles. The Morgan fingerprint density at radius 3 is 2.68 bits per heavy atom. The number of hydrogen-bond donors (Lipinski definition) is 2. The third-order valence-electron chi connectivity index (χ3n) is 4.99. The molecule has 5 nitrogen and oxygen atoms in total. The summed E-state index contributed by atoms with van der Waals surface area (Å²) in [4.78, 5) is 13.7. The molecule has 8 heteroatoms. The molecule has 0 unspecified atom stereocenters. The minimum absolute atomic E-state index is 0.0946. The molecule has 1 aliphatic carbocycles. The summed E-state index contributed by atoms with van der Waals surface area (Å²) in [5, 5.41) is 16.1. The number of hydrogen-bond acceptors (Lipinski definition) is 3. The van der Waals surface area contributed by atoms with Gasteiger partial charge in [0.15, 0.2) is 5.69 Å². The number of aromatic nitrogens is 2. The van der Waals surface area contributed by atoms with Crippen molar-refractivity contribution in [1.29, 1.82) is 0 Å². The normalized spacial score (nSPS) is 29.7. The number of rotatable bonds is 2. The van der Waals surface area contributed by atoms with Gasteiger partial charge < -0.3 is 10.0 Å². The van der Waals surface area contributed by atoms with Crippen LogP contribution < -0.4 is 0 Å². The summed E-state index contributed by atoms with van der Waals surface area (Å²) < 4.78 is 37.7. The molecular weight excluding hydrogens is 299 g/mol. The molecule has 1 amide bonds. The van der Waals surface area contributed by atoms with E-state index >= 15 is 0 Å². The van der Waals surface area contributed by atoms with Crippen LogP contribution in [0.3, 0.4) is 0 Å². The van der Waals surface area contributed by atoms with Gasteiger partial charge in [-0.2, -0.15) is 18.3 Å². The van der Waals surface area contributed by atoms with Crippen LogP contribution >= 0.6 is 0 Å². The summed E-state index contributed by atoms with van der Waals surface area (Å²) in [5.74, 6) is -0.498. The lowest BCUT2D eigenvalue weighted by atomic mass is 9.69. The quantitative estimate of drug-likeness (QED) is 0.877. The number of nitrogens with one attached hydrogen (secondary N) is 1. The Bertz CT molecular complexity index is 582. The summed E-state index contributed by atoms with van der Waals surface area (Å²) >= 11 is 0. The number of aromatic amines is 1. The zero-order chi connectivity index (χ0) is 16.1. The molecule has 0 radical (unpaired) electrons. The SMILES string of the molecule is C[C@H]1CN(C(=O)c2cc(C(F)(F)F)[nH]n2)C[C@]1(O)C1CCC1. The molecule has 1 saturated carbocycles. The summed E-state index contributed by atoms with van der Waals surface area (Å²) in [5.41, 5.74) is -2.24. The summed E-state index contributed by atoms with van der Waals surface area (Å²) in [6.45, 7) is 2.36. The Balaban J connectivity index is 1.75. The fourth-order valence-corrected chi connectivity index (χ4v) is 3.35. The zero-order valence-corrected chi connectivity index (χ0v) is 12.2. The van der Waals surface area contributed by atoms with Crippen molar-refractivity contribution >= 4 is 5.91 Å². The average molecular weight is 317 g/mol. The average Bonchev–Trinajstić information content (AvgIpc) is 2.92.